The largest absolute Gasteiger partial charge is 0.380 e. The van der Waals surface area contributed by atoms with Crippen LogP contribution in [0.4, 0.5) is 10.1 Å². The predicted octanol–water partition coefficient (Wildman–Crippen LogP) is 2.41. The summed E-state index contributed by atoms with van der Waals surface area (Å²) in [5.41, 5.74) is 1.65. The summed E-state index contributed by atoms with van der Waals surface area (Å²) in [5.74, 6) is -0.176. The van der Waals surface area contributed by atoms with Crippen molar-refractivity contribution in [3.63, 3.8) is 0 Å². The van der Waals surface area contributed by atoms with Gasteiger partial charge in [-0.05, 0) is 25.1 Å². The van der Waals surface area contributed by atoms with Gasteiger partial charge in [0.1, 0.15) is 5.82 Å². The first-order chi connectivity index (χ1) is 8.70. The molecule has 18 heavy (non-hydrogen) atoms. The average molecular weight is 254 g/mol. The number of likely N-dealkylation sites (N-methyl/N-ethyl adjacent to an activating group) is 1. The maximum absolute atomic E-state index is 13.9. The van der Waals surface area contributed by atoms with Crippen LogP contribution in [0.25, 0.3) is 0 Å². The summed E-state index contributed by atoms with van der Waals surface area (Å²) >= 11 is 0. The number of hydrogen-bond acceptors (Lipinski definition) is 3. The van der Waals surface area contributed by atoms with Gasteiger partial charge in [0.05, 0.1) is 12.3 Å². The number of rotatable bonds is 8. The Morgan fingerprint density at radius 2 is 2.11 bits per heavy atom. The predicted molar refractivity (Wildman–Crippen MR) is 73.5 cm³/mol. The molecule has 0 radical (unpaired) electrons. The van der Waals surface area contributed by atoms with Crippen molar-refractivity contribution in [1.82, 2.24) is 5.32 Å². The highest BCUT2D eigenvalue weighted by molar-refractivity contribution is 5.54. The summed E-state index contributed by atoms with van der Waals surface area (Å²) in [6.45, 7) is 7.55. The van der Waals surface area contributed by atoms with E-state index >= 15 is 0 Å². The van der Waals surface area contributed by atoms with E-state index in [1.54, 1.807) is 6.07 Å². The maximum Gasteiger partial charge on any atom is 0.146 e. The molecule has 0 aliphatic carbocycles. The SMILES string of the molecule is CCNCc1cccc(F)c1N(C)CCOCC. The van der Waals surface area contributed by atoms with Gasteiger partial charge >= 0.3 is 0 Å². The Morgan fingerprint density at radius 3 is 2.78 bits per heavy atom. The lowest BCUT2D eigenvalue weighted by atomic mass is 10.1. The summed E-state index contributed by atoms with van der Waals surface area (Å²) in [7, 11) is 1.90. The Balaban J connectivity index is 2.77. The van der Waals surface area contributed by atoms with E-state index in [-0.39, 0.29) is 5.82 Å². The second-order valence-electron chi connectivity index (χ2n) is 4.15. The van der Waals surface area contributed by atoms with Crippen LogP contribution in [0.2, 0.25) is 0 Å². The van der Waals surface area contributed by atoms with Crippen molar-refractivity contribution < 1.29 is 9.13 Å². The van der Waals surface area contributed by atoms with Crippen LogP contribution in [0.3, 0.4) is 0 Å². The van der Waals surface area contributed by atoms with Gasteiger partial charge in [0.2, 0.25) is 0 Å². The first-order valence-electron chi connectivity index (χ1n) is 6.47. The van der Waals surface area contributed by atoms with Crippen LogP contribution < -0.4 is 10.2 Å². The third-order valence-electron chi connectivity index (χ3n) is 2.79. The van der Waals surface area contributed by atoms with Gasteiger partial charge in [-0.2, -0.15) is 0 Å². The molecule has 1 N–H and O–H groups in total. The van der Waals surface area contributed by atoms with Gasteiger partial charge in [0.15, 0.2) is 0 Å². The Labute approximate surface area is 109 Å². The molecule has 102 valence electrons. The summed E-state index contributed by atoms with van der Waals surface area (Å²) < 4.78 is 19.2. The molecular formula is C14H23FN2O. The van der Waals surface area contributed by atoms with Crippen LogP contribution in [0.5, 0.6) is 0 Å². The molecule has 0 fully saturated rings. The fraction of sp³-hybridized carbons (Fsp3) is 0.571. The highest BCUT2D eigenvalue weighted by Crippen LogP contribution is 2.23. The van der Waals surface area contributed by atoms with Gasteiger partial charge in [-0.15, -0.1) is 0 Å². The molecule has 0 saturated carbocycles. The Hall–Kier alpha value is -1.13. The van der Waals surface area contributed by atoms with Gasteiger partial charge in [-0.25, -0.2) is 4.39 Å². The van der Waals surface area contributed by atoms with E-state index < -0.39 is 0 Å². The Bertz CT molecular complexity index is 358. The van der Waals surface area contributed by atoms with Crippen molar-refractivity contribution in [2.75, 3.05) is 38.3 Å². The van der Waals surface area contributed by atoms with E-state index in [1.807, 2.05) is 31.9 Å². The number of halogens is 1. The zero-order valence-electron chi connectivity index (χ0n) is 11.5. The number of hydrogen-bond donors (Lipinski definition) is 1. The van der Waals surface area contributed by atoms with Crippen molar-refractivity contribution >= 4 is 5.69 Å². The van der Waals surface area contributed by atoms with Gasteiger partial charge < -0.3 is 15.0 Å². The fourth-order valence-corrected chi connectivity index (χ4v) is 1.85. The van der Waals surface area contributed by atoms with Gasteiger partial charge in [-0.1, -0.05) is 19.1 Å². The molecule has 1 rings (SSSR count). The minimum absolute atomic E-state index is 0.176. The number of ether oxygens (including phenoxy) is 1. The zero-order chi connectivity index (χ0) is 13.4. The Kier molecular flexibility index (Phi) is 6.68. The normalized spacial score (nSPS) is 10.7. The quantitative estimate of drug-likeness (QED) is 0.721. The molecule has 0 aliphatic rings. The third kappa shape index (κ3) is 4.27. The van der Waals surface area contributed by atoms with Crippen LogP contribution in [0.15, 0.2) is 18.2 Å². The molecule has 0 aliphatic heterocycles. The summed E-state index contributed by atoms with van der Waals surface area (Å²) in [5, 5.41) is 3.23. The molecule has 0 amide bonds. The van der Waals surface area contributed by atoms with Gasteiger partial charge in [0.25, 0.3) is 0 Å². The highest BCUT2D eigenvalue weighted by atomic mass is 19.1. The van der Waals surface area contributed by atoms with Crippen molar-refractivity contribution in [2.45, 2.75) is 20.4 Å². The average Bonchev–Trinajstić information content (AvgIpc) is 2.36. The lowest BCUT2D eigenvalue weighted by Gasteiger charge is -2.23. The van der Waals surface area contributed by atoms with Crippen LogP contribution in [0, 0.1) is 5.82 Å². The Morgan fingerprint density at radius 1 is 1.33 bits per heavy atom. The van der Waals surface area contributed by atoms with E-state index in [2.05, 4.69) is 5.32 Å². The van der Waals surface area contributed by atoms with Crippen molar-refractivity contribution in [3.05, 3.63) is 29.6 Å². The van der Waals surface area contributed by atoms with Gasteiger partial charge in [-0.3, -0.25) is 0 Å². The van der Waals surface area contributed by atoms with Crippen LogP contribution in [-0.2, 0) is 11.3 Å². The van der Waals surface area contributed by atoms with Crippen LogP contribution >= 0.6 is 0 Å². The molecule has 0 aromatic heterocycles. The molecule has 0 heterocycles. The smallest absolute Gasteiger partial charge is 0.146 e. The van der Waals surface area contributed by atoms with E-state index in [4.69, 9.17) is 4.74 Å². The number of nitrogens with one attached hydrogen (secondary N) is 1. The molecule has 0 unspecified atom stereocenters. The minimum Gasteiger partial charge on any atom is -0.380 e. The summed E-state index contributed by atoms with van der Waals surface area (Å²) in [6.07, 6.45) is 0. The second-order valence-corrected chi connectivity index (χ2v) is 4.15. The number of benzene rings is 1. The van der Waals surface area contributed by atoms with E-state index in [0.717, 1.165) is 12.1 Å². The van der Waals surface area contributed by atoms with E-state index in [9.17, 15) is 4.39 Å². The molecule has 0 bridgehead atoms. The standard InChI is InChI=1S/C14H23FN2O/c1-4-16-11-12-7-6-8-13(15)14(12)17(3)9-10-18-5-2/h6-8,16H,4-5,9-11H2,1-3H3. The first kappa shape index (κ1) is 14.9. The number of anilines is 1. The summed E-state index contributed by atoms with van der Waals surface area (Å²) in [4.78, 5) is 1.91. The lowest BCUT2D eigenvalue weighted by molar-refractivity contribution is 0.154. The fourth-order valence-electron chi connectivity index (χ4n) is 1.85. The molecule has 1 aromatic rings. The van der Waals surface area contributed by atoms with Crippen LogP contribution in [-0.4, -0.2) is 33.4 Å². The van der Waals surface area contributed by atoms with E-state index in [0.29, 0.717) is 32.0 Å². The van der Waals surface area contributed by atoms with Crippen molar-refractivity contribution in [1.29, 1.82) is 0 Å². The van der Waals surface area contributed by atoms with Crippen LogP contribution in [0.1, 0.15) is 19.4 Å². The second kappa shape index (κ2) is 8.06. The highest BCUT2D eigenvalue weighted by Gasteiger charge is 2.12. The lowest BCUT2D eigenvalue weighted by Crippen LogP contribution is -2.26. The molecule has 3 nitrogen and oxygen atoms in total. The minimum atomic E-state index is -0.176. The molecule has 0 spiro atoms. The molecule has 0 saturated heterocycles. The molecule has 0 atom stereocenters. The molecule has 1 aromatic carbocycles. The summed E-state index contributed by atoms with van der Waals surface area (Å²) in [6, 6.07) is 5.21. The zero-order valence-corrected chi connectivity index (χ0v) is 11.5. The maximum atomic E-state index is 13.9. The molecule has 4 heteroatoms. The monoisotopic (exact) mass is 254 g/mol. The van der Waals surface area contributed by atoms with E-state index in [1.165, 1.54) is 6.07 Å². The number of para-hydroxylation sites is 1. The molecular weight excluding hydrogens is 231 g/mol. The van der Waals surface area contributed by atoms with Gasteiger partial charge in [0, 0.05) is 26.7 Å². The van der Waals surface area contributed by atoms with Crippen molar-refractivity contribution in [2.24, 2.45) is 0 Å². The first-order valence-corrected chi connectivity index (χ1v) is 6.47. The topological polar surface area (TPSA) is 24.5 Å². The number of nitrogens with zero attached hydrogens (tertiary/aromatic N) is 1. The third-order valence-corrected chi connectivity index (χ3v) is 2.79. The van der Waals surface area contributed by atoms with Crippen molar-refractivity contribution in [3.8, 4) is 0 Å².